The summed E-state index contributed by atoms with van der Waals surface area (Å²) < 4.78 is 24.0. The number of piperidine rings is 2. The number of esters is 3. The minimum absolute atomic E-state index is 0.0898. The number of benzene rings is 2. The number of carbonyl (C=O) groups is 3. The summed E-state index contributed by atoms with van der Waals surface area (Å²) in [4.78, 5) is 53.3. The van der Waals surface area contributed by atoms with Crippen molar-refractivity contribution >= 4 is 34.5 Å². The van der Waals surface area contributed by atoms with Gasteiger partial charge in [0.2, 0.25) is 5.60 Å². The van der Waals surface area contributed by atoms with Crippen LogP contribution in [-0.2, 0) is 45.8 Å². The van der Waals surface area contributed by atoms with Crippen LogP contribution in [0.2, 0.25) is 0 Å². The van der Waals surface area contributed by atoms with Crippen LogP contribution in [0.1, 0.15) is 88.1 Å². The zero-order chi connectivity index (χ0) is 41.9. The maximum Gasteiger partial charge on any atom is 0.344 e. The number of hydrogen-bond acceptors (Lipinski definition) is 12. The molecule has 3 saturated heterocycles. The number of aromatic nitrogens is 1. The van der Waals surface area contributed by atoms with Gasteiger partial charge in [-0.2, -0.15) is 0 Å². The second kappa shape index (κ2) is 13.9. The topological polar surface area (TPSA) is 154 Å². The molecule has 9 rings (SSSR count). The van der Waals surface area contributed by atoms with E-state index in [1.165, 1.54) is 21.1 Å². The lowest BCUT2D eigenvalue weighted by Gasteiger charge is -2.64. The van der Waals surface area contributed by atoms with Crippen molar-refractivity contribution in [3.05, 3.63) is 58.8 Å². The second-order valence-electron chi connectivity index (χ2n) is 18.6. The molecule has 13 heteroatoms. The van der Waals surface area contributed by atoms with Gasteiger partial charge in [0.25, 0.3) is 0 Å². The molecule has 1 unspecified atom stereocenters. The minimum Gasteiger partial charge on any atom is -0.496 e. The van der Waals surface area contributed by atoms with Gasteiger partial charge in [-0.05, 0) is 93.6 Å². The van der Waals surface area contributed by atoms with E-state index < -0.39 is 57.5 Å². The van der Waals surface area contributed by atoms with Gasteiger partial charge < -0.3 is 39.0 Å². The molecule has 59 heavy (non-hydrogen) atoms. The molecular weight excluding hydrogens is 753 g/mol. The first kappa shape index (κ1) is 40.2. The Kier molecular flexibility index (Phi) is 9.51. The number of carbonyl (C=O) groups excluding carboxylic acids is 3. The van der Waals surface area contributed by atoms with Crippen molar-refractivity contribution in [1.82, 2.24) is 14.8 Å². The molecule has 1 aliphatic carbocycles. The number of H-pyrrole nitrogens is 1. The smallest absolute Gasteiger partial charge is 0.344 e. The number of hydrogen-bond donors (Lipinski definition) is 3. The first-order chi connectivity index (χ1) is 28.2. The van der Waals surface area contributed by atoms with Gasteiger partial charge in [0.15, 0.2) is 6.10 Å². The van der Waals surface area contributed by atoms with Crippen LogP contribution in [0.25, 0.3) is 10.9 Å². The zero-order valence-corrected chi connectivity index (χ0v) is 35.6. The van der Waals surface area contributed by atoms with Crippen molar-refractivity contribution in [2.75, 3.05) is 66.0 Å². The standard InChI is InChI=1S/C46H60N4O9/c1-8-42(54)23-28-24-45(40(52)57-6,36-30(15-19-49(25-28)26-42)29-13-10-11-14-33(29)47-36)32-21-31-34(22-35(32)56-5)48(4)38-44(31)16-12-18-50-20-17-43(9-2,37(44)50)39(59-27(3)51)46(38,55)41(53)58-7/h10-11,13-14,21-22,28,37-39,47,54-55H,8-9,12,15-20,23-26H2,1-7H3/t28-,37+,38-,39-,42+,43-,44-,45+,46+/m1/s1. The van der Waals surface area contributed by atoms with E-state index in [4.69, 9.17) is 18.9 Å². The third kappa shape index (κ3) is 5.26. The number of likely N-dealkylation sites (N-methyl/N-ethyl adjacent to an activating group) is 1. The molecule has 13 nitrogen and oxygen atoms in total. The summed E-state index contributed by atoms with van der Waals surface area (Å²) in [6.07, 6.45) is 3.53. The van der Waals surface area contributed by atoms with Crippen LogP contribution in [0.5, 0.6) is 5.75 Å². The number of aromatic amines is 1. The van der Waals surface area contributed by atoms with E-state index in [1.54, 1.807) is 7.11 Å². The lowest BCUT2D eigenvalue weighted by molar-refractivity contribution is -0.237. The molecule has 10 atom stereocenters. The fraction of sp³-hybridized carbons (Fsp3) is 0.630. The molecule has 318 valence electrons. The highest BCUT2D eigenvalue weighted by atomic mass is 16.6. The van der Waals surface area contributed by atoms with E-state index >= 15 is 4.79 Å². The van der Waals surface area contributed by atoms with E-state index in [2.05, 4.69) is 33.8 Å². The van der Waals surface area contributed by atoms with Gasteiger partial charge in [-0.1, -0.05) is 32.0 Å². The van der Waals surface area contributed by atoms with Gasteiger partial charge in [-0.3, -0.25) is 19.4 Å². The summed E-state index contributed by atoms with van der Waals surface area (Å²) in [5.74, 6) is -1.46. The van der Waals surface area contributed by atoms with Crippen molar-refractivity contribution in [2.24, 2.45) is 11.3 Å². The summed E-state index contributed by atoms with van der Waals surface area (Å²) in [6, 6.07) is 11.1. The highest BCUT2D eigenvalue weighted by molar-refractivity contribution is 5.95. The Morgan fingerprint density at radius 3 is 2.37 bits per heavy atom. The van der Waals surface area contributed by atoms with Crippen LogP contribution in [0.3, 0.4) is 0 Å². The molecule has 3 aromatic rings. The molecule has 1 spiro atoms. The van der Waals surface area contributed by atoms with Crippen LogP contribution < -0.4 is 9.64 Å². The Bertz CT molecular complexity index is 2210. The molecule has 6 aliphatic rings. The van der Waals surface area contributed by atoms with Crippen LogP contribution in [0.15, 0.2) is 36.4 Å². The highest BCUT2D eigenvalue weighted by Crippen LogP contribution is 2.69. The van der Waals surface area contributed by atoms with Gasteiger partial charge in [-0.25, -0.2) is 4.79 Å². The monoisotopic (exact) mass is 812 g/mol. The number of aliphatic hydroxyl groups is 2. The Balaban J connectivity index is 1.36. The minimum atomic E-state index is -2.25. The second-order valence-corrected chi connectivity index (χ2v) is 18.6. The summed E-state index contributed by atoms with van der Waals surface area (Å²) in [7, 11) is 6.21. The van der Waals surface area contributed by atoms with E-state index in [-0.39, 0.29) is 12.0 Å². The molecule has 5 aliphatic heterocycles. The van der Waals surface area contributed by atoms with Crippen LogP contribution in [0.4, 0.5) is 5.69 Å². The lowest BCUT2D eigenvalue weighted by atomic mass is 9.46. The van der Waals surface area contributed by atoms with E-state index in [0.717, 1.165) is 46.4 Å². The van der Waals surface area contributed by atoms with Crippen molar-refractivity contribution in [3.63, 3.8) is 0 Å². The number of fused-ring (bicyclic) bond motifs is 6. The van der Waals surface area contributed by atoms with Crippen LogP contribution in [-0.4, -0.2) is 133 Å². The predicted octanol–water partition coefficient (Wildman–Crippen LogP) is 4.21. The Morgan fingerprint density at radius 2 is 1.68 bits per heavy atom. The van der Waals surface area contributed by atoms with Gasteiger partial charge in [0, 0.05) is 84.4 Å². The average Bonchev–Trinajstić information content (AvgIpc) is 3.89. The number of rotatable bonds is 7. The zero-order valence-electron chi connectivity index (χ0n) is 35.6. The average molecular weight is 813 g/mol. The Labute approximate surface area is 346 Å². The fourth-order valence-electron chi connectivity index (χ4n) is 14.0. The Hall–Kier alpha value is -4.17. The van der Waals surface area contributed by atoms with Crippen LogP contribution in [0, 0.1) is 11.3 Å². The third-order valence-electron chi connectivity index (χ3n) is 16.0. The van der Waals surface area contributed by atoms with E-state index in [0.29, 0.717) is 82.4 Å². The molecule has 0 amide bonds. The van der Waals surface area contributed by atoms with Gasteiger partial charge in [0.1, 0.15) is 11.2 Å². The maximum absolute atomic E-state index is 15.3. The van der Waals surface area contributed by atoms with Crippen molar-refractivity contribution in [1.29, 1.82) is 0 Å². The van der Waals surface area contributed by atoms with E-state index in [9.17, 15) is 19.8 Å². The molecular formula is C46H60N4O9. The number of nitrogens with one attached hydrogen (secondary N) is 1. The Morgan fingerprint density at radius 1 is 0.915 bits per heavy atom. The van der Waals surface area contributed by atoms with E-state index in [1.807, 2.05) is 43.1 Å². The number of methoxy groups -OCH3 is 3. The SMILES string of the molecule is CC[C@]1(O)C[C@H]2CN(CCc3c([nH]c4ccccc34)[C@@](C(=O)OC)(c3cc4c(cc3OC)N(C)[C@H]3[C@@](O)(C(=O)OC)[C@H](OC(C)=O)[C@]5(CC)CCN6CCC[C@]43[C@@H]65)C2)C1. The summed E-state index contributed by atoms with van der Waals surface area (Å²) in [5.41, 5.74) is -1.21. The van der Waals surface area contributed by atoms with Crippen LogP contribution >= 0.6 is 0 Å². The van der Waals surface area contributed by atoms with Crippen molar-refractivity contribution < 1.29 is 43.5 Å². The first-order valence-electron chi connectivity index (χ1n) is 21.5. The highest BCUT2D eigenvalue weighted by Gasteiger charge is 2.80. The summed E-state index contributed by atoms with van der Waals surface area (Å²) in [5, 5.41) is 26.4. The molecule has 1 saturated carbocycles. The normalized spacial score (nSPS) is 37.2. The molecule has 2 aromatic carbocycles. The summed E-state index contributed by atoms with van der Waals surface area (Å²) in [6.45, 7) is 8.95. The quantitative estimate of drug-likeness (QED) is 0.232. The molecule has 6 heterocycles. The number of anilines is 1. The van der Waals surface area contributed by atoms with Gasteiger partial charge in [0.05, 0.1) is 33.0 Å². The fourth-order valence-corrected chi connectivity index (χ4v) is 14.0. The first-order valence-corrected chi connectivity index (χ1v) is 21.5. The third-order valence-corrected chi connectivity index (χ3v) is 16.0. The van der Waals surface area contributed by atoms with Crippen molar-refractivity contribution in [2.45, 2.75) is 112 Å². The van der Waals surface area contributed by atoms with Gasteiger partial charge >= 0.3 is 17.9 Å². The van der Waals surface area contributed by atoms with Gasteiger partial charge in [-0.15, -0.1) is 0 Å². The lowest BCUT2D eigenvalue weighted by Crippen LogP contribution is -2.82. The van der Waals surface area contributed by atoms with Crippen molar-refractivity contribution in [3.8, 4) is 5.75 Å². The number of para-hydroxylation sites is 1. The maximum atomic E-state index is 15.3. The largest absolute Gasteiger partial charge is 0.496 e. The molecule has 0 radical (unpaired) electrons. The predicted molar refractivity (Wildman–Crippen MR) is 221 cm³/mol. The molecule has 1 aromatic heterocycles. The molecule has 2 bridgehead atoms. The number of nitrogens with zero attached hydrogens (tertiary/aromatic N) is 3. The molecule has 4 fully saturated rings. The number of ether oxygens (including phenoxy) is 4. The summed E-state index contributed by atoms with van der Waals surface area (Å²) >= 11 is 0. The molecule has 3 N–H and O–H groups in total.